The fourth-order valence-corrected chi connectivity index (χ4v) is 3.90. The van der Waals surface area contributed by atoms with Crippen molar-refractivity contribution in [2.24, 2.45) is 0 Å². The molecule has 2 amide bonds. The number of ether oxygens (including phenoxy) is 1. The maximum atomic E-state index is 12.7. The van der Waals surface area contributed by atoms with Crippen LogP contribution in [-0.4, -0.2) is 39.3 Å². The lowest BCUT2D eigenvalue weighted by Crippen LogP contribution is -2.24. The number of rotatable bonds is 8. The van der Waals surface area contributed by atoms with E-state index in [1.165, 1.54) is 11.8 Å². The summed E-state index contributed by atoms with van der Waals surface area (Å²) in [5, 5.41) is 14.6. The van der Waals surface area contributed by atoms with Crippen molar-refractivity contribution in [2.45, 2.75) is 18.6 Å². The summed E-state index contributed by atoms with van der Waals surface area (Å²) in [6.07, 6.45) is 1.68. The molecule has 2 aromatic heterocycles. The number of amides is 2. The van der Waals surface area contributed by atoms with Crippen molar-refractivity contribution in [1.29, 1.82) is 0 Å². The van der Waals surface area contributed by atoms with Gasteiger partial charge < -0.3 is 15.4 Å². The molecule has 8 nitrogen and oxygen atoms in total. The highest BCUT2D eigenvalue weighted by Gasteiger charge is 2.13. The van der Waals surface area contributed by atoms with E-state index in [1.807, 2.05) is 55.5 Å². The second kappa shape index (κ2) is 10.2. The van der Waals surface area contributed by atoms with E-state index in [4.69, 9.17) is 4.74 Å². The standard InChI is InChI=1S/C24H23N5O3S/c1-16-4-3-5-19(12-16)26-23(31)18-8-11-21-27-28-24(29(21)14-18)33-15-22(30)25-13-17-6-9-20(32-2)10-7-17/h3-12,14H,13,15H2,1-2H3,(H,25,30)(H,26,31). The topological polar surface area (TPSA) is 97.6 Å². The molecule has 0 radical (unpaired) electrons. The van der Waals surface area contributed by atoms with Crippen molar-refractivity contribution in [3.8, 4) is 5.75 Å². The number of carbonyl (C=O) groups is 2. The number of hydrogen-bond donors (Lipinski definition) is 2. The van der Waals surface area contributed by atoms with Crippen LogP contribution in [0.15, 0.2) is 72.0 Å². The van der Waals surface area contributed by atoms with Gasteiger partial charge in [-0.05, 0) is 54.4 Å². The van der Waals surface area contributed by atoms with Crippen LogP contribution in [0.1, 0.15) is 21.5 Å². The third-order valence-corrected chi connectivity index (χ3v) is 5.83. The fraction of sp³-hybridized carbons (Fsp3) is 0.167. The molecule has 0 fully saturated rings. The van der Waals surface area contributed by atoms with E-state index in [9.17, 15) is 9.59 Å². The number of pyridine rings is 1. The summed E-state index contributed by atoms with van der Waals surface area (Å²) in [5.41, 5.74) is 3.84. The normalized spacial score (nSPS) is 10.7. The predicted molar refractivity (Wildman–Crippen MR) is 128 cm³/mol. The van der Waals surface area contributed by atoms with Crippen LogP contribution < -0.4 is 15.4 Å². The van der Waals surface area contributed by atoms with Crippen LogP contribution >= 0.6 is 11.8 Å². The Morgan fingerprint density at radius 1 is 1.06 bits per heavy atom. The maximum absolute atomic E-state index is 12.7. The average Bonchev–Trinajstić information content (AvgIpc) is 3.24. The third-order valence-electron chi connectivity index (χ3n) is 4.89. The molecule has 0 aliphatic heterocycles. The van der Waals surface area contributed by atoms with Crippen LogP contribution in [-0.2, 0) is 11.3 Å². The lowest BCUT2D eigenvalue weighted by Gasteiger charge is -2.07. The minimum Gasteiger partial charge on any atom is -0.497 e. The van der Waals surface area contributed by atoms with Crippen LogP contribution in [0, 0.1) is 6.92 Å². The quantitative estimate of drug-likeness (QED) is 0.388. The molecular weight excluding hydrogens is 438 g/mol. The van der Waals surface area contributed by atoms with Gasteiger partial charge >= 0.3 is 0 Å². The maximum Gasteiger partial charge on any atom is 0.257 e. The predicted octanol–water partition coefficient (Wildman–Crippen LogP) is 3.71. The molecule has 33 heavy (non-hydrogen) atoms. The molecule has 2 N–H and O–H groups in total. The molecular formula is C24H23N5O3S. The van der Waals surface area contributed by atoms with Gasteiger partial charge in [0.25, 0.3) is 5.91 Å². The number of fused-ring (bicyclic) bond motifs is 1. The van der Waals surface area contributed by atoms with E-state index in [1.54, 1.807) is 29.8 Å². The fourth-order valence-electron chi connectivity index (χ4n) is 3.15. The summed E-state index contributed by atoms with van der Waals surface area (Å²) in [4.78, 5) is 25.0. The number of hydrogen-bond acceptors (Lipinski definition) is 6. The van der Waals surface area contributed by atoms with Crippen LogP contribution in [0.3, 0.4) is 0 Å². The zero-order chi connectivity index (χ0) is 23.2. The van der Waals surface area contributed by atoms with Crippen molar-refractivity contribution in [3.05, 3.63) is 83.6 Å². The van der Waals surface area contributed by atoms with Crippen LogP contribution in [0.4, 0.5) is 5.69 Å². The number of aromatic nitrogens is 3. The average molecular weight is 462 g/mol. The molecule has 0 aliphatic carbocycles. The molecule has 0 aliphatic rings. The number of aryl methyl sites for hydroxylation is 1. The Morgan fingerprint density at radius 2 is 1.88 bits per heavy atom. The second-order valence-electron chi connectivity index (χ2n) is 7.37. The molecule has 2 aromatic carbocycles. The molecule has 0 saturated heterocycles. The highest BCUT2D eigenvalue weighted by atomic mass is 32.2. The molecule has 0 unspecified atom stereocenters. The molecule has 9 heteroatoms. The van der Waals surface area contributed by atoms with Gasteiger partial charge in [0, 0.05) is 18.4 Å². The van der Waals surface area contributed by atoms with Gasteiger partial charge in [0.2, 0.25) is 5.91 Å². The second-order valence-corrected chi connectivity index (χ2v) is 8.31. The van der Waals surface area contributed by atoms with E-state index in [-0.39, 0.29) is 17.6 Å². The summed E-state index contributed by atoms with van der Waals surface area (Å²) in [6.45, 7) is 2.39. The Hall–Kier alpha value is -3.85. The minimum absolute atomic E-state index is 0.124. The number of anilines is 1. The van der Waals surface area contributed by atoms with Crippen molar-refractivity contribution in [3.63, 3.8) is 0 Å². The van der Waals surface area contributed by atoms with Gasteiger partial charge in [0.15, 0.2) is 10.8 Å². The first-order chi connectivity index (χ1) is 16.0. The van der Waals surface area contributed by atoms with Crippen LogP contribution in [0.2, 0.25) is 0 Å². The first kappa shape index (κ1) is 22.3. The number of nitrogens with one attached hydrogen (secondary N) is 2. The monoisotopic (exact) mass is 461 g/mol. The van der Waals surface area contributed by atoms with Crippen molar-refractivity contribution in [1.82, 2.24) is 19.9 Å². The SMILES string of the molecule is COc1ccc(CNC(=O)CSc2nnc3ccc(C(=O)Nc4cccc(C)c4)cn23)cc1. The zero-order valence-electron chi connectivity index (χ0n) is 18.2. The van der Waals surface area contributed by atoms with Crippen LogP contribution in [0.25, 0.3) is 5.65 Å². The first-order valence-corrected chi connectivity index (χ1v) is 11.3. The Kier molecular flexibility index (Phi) is 6.89. The minimum atomic E-state index is -0.232. The van der Waals surface area contributed by atoms with Gasteiger partial charge in [0.1, 0.15) is 5.75 Å². The van der Waals surface area contributed by atoms with Gasteiger partial charge in [-0.2, -0.15) is 0 Å². The van der Waals surface area contributed by atoms with Gasteiger partial charge in [-0.15, -0.1) is 10.2 Å². The van der Waals surface area contributed by atoms with Gasteiger partial charge in [-0.1, -0.05) is 36.0 Å². The first-order valence-electron chi connectivity index (χ1n) is 10.3. The lowest BCUT2D eigenvalue weighted by molar-refractivity contribution is -0.118. The Bertz CT molecular complexity index is 1290. The highest BCUT2D eigenvalue weighted by molar-refractivity contribution is 7.99. The summed E-state index contributed by atoms with van der Waals surface area (Å²) >= 11 is 1.26. The molecule has 4 rings (SSSR count). The smallest absolute Gasteiger partial charge is 0.257 e. The van der Waals surface area contributed by atoms with E-state index in [2.05, 4.69) is 20.8 Å². The molecule has 168 valence electrons. The summed E-state index contributed by atoms with van der Waals surface area (Å²) < 4.78 is 6.85. The van der Waals surface area contributed by atoms with Crippen LogP contribution in [0.5, 0.6) is 5.75 Å². The number of methoxy groups -OCH3 is 1. The molecule has 0 saturated carbocycles. The van der Waals surface area contributed by atoms with Crippen molar-refractivity contribution >= 4 is 34.9 Å². The molecule has 4 aromatic rings. The number of carbonyl (C=O) groups excluding carboxylic acids is 2. The highest BCUT2D eigenvalue weighted by Crippen LogP contribution is 2.19. The van der Waals surface area contributed by atoms with E-state index in [0.717, 1.165) is 22.6 Å². The van der Waals surface area contributed by atoms with E-state index >= 15 is 0 Å². The Balaban J connectivity index is 1.37. The number of thioether (sulfide) groups is 1. The number of benzene rings is 2. The van der Waals surface area contributed by atoms with Crippen molar-refractivity contribution < 1.29 is 14.3 Å². The largest absolute Gasteiger partial charge is 0.497 e. The molecule has 2 heterocycles. The van der Waals surface area contributed by atoms with Gasteiger partial charge in [-0.3, -0.25) is 14.0 Å². The molecule has 0 spiro atoms. The molecule has 0 bridgehead atoms. The van der Waals surface area contributed by atoms with Crippen molar-refractivity contribution in [2.75, 3.05) is 18.2 Å². The van der Waals surface area contributed by atoms with E-state index in [0.29, 0.717) is 22.9 Å². The lowest BCUT2D eigenvalue weighted by atomic mass is 10.2. The Labute approximate surface area is 195 Å². The zero-order valence-corrected chi connectivity index (χ0v) is 19.1. The summed E-state index contributed by atoms with van der Waals surface area (Å²) in [7, 11) is 1.61. The molecule has 0 atom stereocenters. The van der Waals surface area contributed by atoms with Gasteiger partial charge in [-0.25, -0.2) is 0 Å². The third kappa shape index (κ3) is 5.69. The summed E-state index contributed by atoms with van der Waals surface area (Å²) in [5.74, 6) is 0.591. The van der Waals surface area contributed by atoms with E-state index < -0.39 is 0 Å². The van der Waals surface area contributed by atoms with Gasteiger partial charge in [0.05, 0.1) is 18.4 Å². The Morgan fingerprint density at radius 3 is 2.64 bits per heavy atom. The number of nitrogens with zero attached hydrogens (tertiary/aromatic N) is 3. The summed E-state index contributed by atoms with van der Waals surface area (Å²) in [6, 6.07) is 18.5.